The highest BCUT2D eigenvalue weighted by Crippen LogP contribution is 2.33. The summed E-state index contributed by atoms with van der Waals surface area (Å²) in [6.07, 6.45) is 5.48. The zero-order chi connectivity index (χ0) is 15.6. The Morgan fingerprint density at radius 2 is 1.32 bits per heavy atom. The van der Waals surface area contributed by atoms with Crippen LogP contribution in [-0.4, -0.2) is 19.1 Å². The summed E-state index contributed by atoms with van der Waals surface area (Å²) >= 11 is 5.70. The van der Waals surface area contributed by atoms with Crippen LogP contribution in [0.4, 0.5) is 0 Å². The summed E-state index contributed by atoms with van der Waals surface area (Å²) in [5.74, 6) is 2.56. The van der Waals surface area contributed by atoms with Crippen molar-refractivity contribution in [1.82, 2.24) is 0 Å². The van der Waals surface area contributed by atoms with Gasteiger partial charge in [0.25, 0.3) is 0 Å². The Bertz CT molecular complexity index is 518. The molecule has 0 fully saturated rings. The molecule has 0 aliphatic rings. The average Bonchev–Trinajstić information content (AvgIpc) is 2.56. The third kappa shape index (κ3) is 4.81. The van der Waals surface area contributed by atoms with Crippen LogP contribution in [0.5, 0.6) is 11.5 Å². The monoisotopic (exact) mass is 320 g/mol. The fourth-order valence-corrected chi connectivity index (χ4v) is 2.60. The molecule has 0 bridgehead atoms. The lowest BCUT2D eigenvalue weighted by atomic mass is 10.1. The zero-order valence-corrected chi connectivity index (χ0v) is 14.1. The van der Waals surface area contributed by atoms with Crippen molar-refractivity contribution >= 4 is 22.4 Å². The first kappa shape index (κ1) is 17.0. The lowest BCUT2D eigenvalue weighted by Crippen LogP contribution is -2.00. The molecule has 0 amide bonds. The molecule has 0 aromatic heterocycles. The van der Waals surface area contributed by atoms with E-state index < -0.39 is 0 Å². The maximum atomic E-state index is 5.95. The van der Waals surface area contributed by atoms with Gasteiger partial charge in [0.2, 0.25) is 0 Å². The van der Waals surface area contributed by atoms with E-state index in [2.05, 4.69) is 19.1 Å². The highest BCUT2D eigenvalue weighted by atomic mass is 35.5. The van der Waals surface area contributed by atoms with Gasteiger partial charge in [0.05, 0.1) is 13.2 Å². The van der Waals surface area contributed by atoms with Crippen LogP contribution in [0, 0.1) is 0 Å². The smallest absolute Gasteiger partial charge is 0.127 e. The third-order valence-corrected chi connectivity index (χ3v) is 3.90. The van der Waals surface area contributed by atoms with Crippen LogP contribution in [-0.2, 0) is 0 Å². The van der Waals surface area contributed by atoms with E-state index in [0.29, 0.717) is 12.5 Å². The minimum atomic E-state index is 0.689. The maximum Gasteiger partial charge on any atom is 0.127 e. The first-order chi connectivity index (χ1) is 10.9. The minimum absolute atomic E-state index is 0.689. The lowest BCUT2D eigenvalue weighted by Gasteiger charge is -2.13. The fourth-order valence-electron chi connectivity index (χ4n) is 2.41. The Balaban J connectivity index is 2.08. The number of fused-ring (bicyclic) bond motifs is 1. The van der Waals surface area contributed by atoms with Gasteiger partial charge in [-0.05, 0) is 31.4 Å². The van der Waals surface area contributed by atoms with E-state index in [1.807, 2.05) is 24.3 Å². The summed E-state index contributed by atoms with van der Waals surface area (Å²) in [6.45, 7) is 3.67. The summed E-state index contributed by atoms with van der Waals surface area (Å²) in [6, 6.07) is 12.3. The van der Waals surface area contributed by atoms with Crippen LogP contribution >= 0.6 is 11.6 Å². The Kier molecular flexibility index (Phi) is 7.38. The Morgan fingerprint density at radius 1 is 0.773 bits per heavy atom. The lowest BCUT2D eigenvalue weighted by molar-refractivity contribution is 0.304. The number of alkyl halides is 1. The highest BCUT2D eigenvalue weighted by molar-refractivity contribution is 6.17. The molecule has 2 aromatic carbocycles. The maximum absolute atomic E-state index is 5.95. The molecule has 0 saturated heterocycles. The van der Waals surface area contributed by atoms with Gasteiger partial charge in [-0.2, -0.15) is 0 Å². The van der Waals surface area contributed by atoms with E-state index in [-0.39, 0.29) is 0 Å². The summed E-state index contributed by atoms with van der Waals surface area (Å²) < 4.78 is 11.9. The van der Waals surface area contributed by atoms with Crippen molar-refractivity contribution in [3.05, 3.63) is 36.4 Å². The van der Waals surface area contributed by atoms with Crippen LogP contribution in [0.3, 0.4) is 0 Å². The van der Waals surface area contributed by atoms with E-state index in [9.17, 15) is 0 Å². The van der Waals surface area contributed by atoms with Gasteiger partial charge in [0.1, 0.15) is 11.5 Å². The van der Waals surface area contributed by atoms with Crippen molar-refractivity contribution in [2.45, 2.75) is 39.0 Å². The predicted molar refractivity (Wildman–Crippen MR) is 94.4 cm³/mol. The number of halogens is 1. The molecular formula is C19H25ClO2. The second-order valence-electron chi connectivity index (χ2n) is 5.41. The standard InChI is InChI=1S/C19H25ClO2/c1-2-3-7-14-21-18-11-12-19(22-15-8-6-13-20)17-10-5-4-9-16(17)18/h4-5,9-12H,2-3,6-8,13-15H2,1H3. The molecule has 2 rings (SSSR count). The average molecular weight is 321 g/mol. The van der Waals surface area contributed by atoms with E-state index in [1.165, 1.54) is 12.8 Å². The van der Waals surface area contributed by atoms with Crippen LogP contribution in [0.25, 0.3) is 10.8 Å². The molecule has 3 heteroatoms. The molecule has 0 unspecified atom stereocenters. The van der Waals surface area contributed by atoms with Gasteiger partial charge in [0, 0.05) is 16.7 Å². The van der Waals surface area contributed by atoms with Crippen molar-refractivity contribution in [2.24, 2.45) is 0 Å². The van der Waals surface area contributed by atoms with Gasteiger partial charge < -0.3 is 9.47 Å². The second kappa shape index (κ2) is 9.58. The molecule has 0 heterocycles. The Labute approximate surface area is 138 Å². The topological polar surface area (TPSA) is 18.5 Å². The van der Waals surface area contributed by atoms with Crippen LogP contribution in [0.15, 0.2) is 36.4 Å². The van der Waals surface area contributed by atoms with Crippen molar-refractivity contribution in [3.8, 4) is 11.5 Å². The van der Waals surface area contributed by atoms with Crippen LogP contribution < -0.4 is 9.47 Å². The van der Waals surface area contributed by atoms with Gasteiger partial charge in [-0.25, -0.2) is 0 Å². The molecule has 2 nitrogen and oxygen atoms in total. The van der Waals surface area contributed by atoms with E-state index in [0.717, 1.165) is 48.1 Å². The molecular weight excluding hydrogens is 296 g/mol. The number of hydrogen-bond acceptors (Lipinski definition) is 2. The van der Waals surface area contributed by atoms with Crippen molar-refractivity contribution in [1.29, 1.82) is 0 Å². The van der Waals surface area contributed by atoms with Gasteiger partial charge in [-0.3, -0.25) is 0 Å². The second-order valence-corrected chi connectivity index (χ2v) is 5.79. The molecule has 120 valence electrons. The van der Waals surface area contributed by atoms with Gasteiger partial charge in [-0.1, -0.05) is 44.0 Å². The summed E-state index contributed by atoms with van der Waals surface area (Å²) in [4.78, 5) is 0. The number of benzene rings is 2. The molecule has 0 spiro atoms. The van der Waals surface area contributed by atoms with E-state index in [4.69, 9.17) is 21.1 Å². The van der Waals surface area contributed by atoms with Gasteiger partial charge in [-0.15, -0.1) is 11.6 Å². The van der Waals surface area contributed by atoms with Crippen LogP contribution in [0.1, 0.15) is 39.0 Å². The SMILES string of the molecule is CCCCCOc1ccc(OCCCCCl)c2ccccc12. The molecule has 0 aliphatic heterocycles. The van der Waals surface area contributed by atoms with Gasteiger partial charge in [0.15, 0.2) is 0 Å². The zero-order valence-electron chi connectivity index (χ0n) is 13.3. The number of ether oxygens (including phenoxy) is 2. The van der Waals surface area contributed by atoms with Crippen molar-refractivity contribution in [2.75, 3.05) is 19.1 Å². The number of rotatable bonds is 10. The molecule has 22 heavy (non-hydrogen) atoms. The first-order valence-corrected chi connectivity index (χ1v) is 8.73. The highest BCUT2D eigenvalue weighted by Gasteiger charge is 2.07. The van der Waals surface area contributed by atoms with E-state index >= 15 is 0 Å². The molecule has 2 aromatic rings. The Hall–Kier alpha value is -1.41. The minimum Gasteiger partial charge on any atom is -0.493 e. The largest absolute Gasteiger partial charge is 0.493 e. The molecule has 0 saturated carbocycles. The first-order valence-electron chi connectivity index (χ1n) is 8.20. The summed E-state index contributed by atoms with van der Waals surface area (Å²) in [7, 11) is 0. The van der Waals surface area contributed by atoms with E-state index in [1.54, 1.807) is 0 Å². The third-order valence-electron chi connectivity index (χ3n) is 3.64. The summed E-state index contributed by atoms with van der Waals surface area (Å²) in [5, 5.41) is 2.23. The van der Waals surface area contributed by atoms with Gasteiger partial charge >= 0.3 is 0 Å². The van der Waals surface area contributed by atoms with Crippen molar-refractivity contribution in [3.63, 3.8) is 0 Å². The predicted octanol–water partition coefficient (Wildman–Crippen LogP) is 5.81. The fraction of sp³-hybridized carbons (Fsp3) is 0.474. The molecule has 0 N–H and O–H groups in total. The molecule has 0 atom stereocenters. The number of hydrogen-bond donors (Lipinski definition) is 0. The quantitative estimate of drug-likeness (QED) is 0.406. The number of unbranched alkanes of at least 4 members (excludes halogenated alkanes) is 3. The van der Waals surface area contributed by atoms with Crippen LogP contribution in [0.2, 0.25) is 0 Å². The summed E-state index contributed by atoms with van der Waals surface area (Å²) in [5.41, 5.74) is 0. The van der Waals surface area contributed by atoms with Crippen molar-refractivity contribution < 1.29 is 9.47 Å². The molecule has 0 radical (unpaired) electrons. The Morgan fingerprint density at radius 3 is 1.82 bits per heavy atom. The normalized spacial score (nSPS) is 10.8. The molecule has 0 aliphatic carbocycles.